The van der Waals surface area contributed by atoms with Crippen molar-refractivity contribution in [1.82, 2.24) is 30.0 Å². The van der Waals surface area contributed by atoms with Crippen LogP contribution in [-0.2, 0) is 0 Å². The number of alkyl halides is 2. The van der Waals surface area contributed by atoms with Crippen molar-refractivity contribution >= 4 is 38.7 Å². The number of fused-ring (bicyclic) bond motifs is 2. The summed E-state index contributed by atoms with van der Waals surface area (Å²) in [7, 11) is 0. The normalized spacial score (nSPS) is 16.6. The minimum atomic E-state index is -2.62. The van der Waals surface area contributed by atoms with Gasteiger partial charge in [-0.15, -0.1) is 11.3 Å². The molecule has 0 unspecified atom stereocenters. The van der Waals surface area contributed by atoms with E-state index in [1.807, 2.05) is 43.6 Å². The largest absolute Gasteiger partial charge is 0.352 e. The minimum absolute atomic E-state index is 0.103. The Morgan fingerprint density at radius 3 is 2.84 bits per heavy atom. The first-order valence-corrected chi connectivity index (χ1v) is 13.3. The van der Waals surface area contributed by atoms with Gasteiger partial charge in [0.05, 0.1) is 41.4 Å². The van der Waals surface area contributed by atoms with Crippen LogP contribution >= 0.6 is 11.3 Å². The van der Waals surface area contributed by atoms with Crippen molar-refractivity contribution in [3.8, 4) is 21.8 Å². The monoisotopic (exact) mass is 528 g/mol. The van der Waals surface area contributed by atoms with Crippen molar-refractivity contribution in [2.45, 2.75) is 19.3 Å². The van der Waals surface area contributed by atoms with Gasteiger partial charge >= 0.3 is 0 Å². The van der Waals surface area contributed by atoms with Crippen molar-refractivity contribution < 1.29 is 8.78 Å². The van der Waals surface area contributed by atoms with Crippen LogP contribution in [0.5, 0.6) is 0 Å². The molecule has 0 bridgehead atoms. The average Bonchev–Trinajstić information content (AvgIpc) is 3.71. The number of nitrogens with zero attached hydrogens (tertiary/aromatic N) is 4. The SMILES string of the molecule is C=C/C(=C\C(=C/C)c1cc2c(-c3cc4c(-c5cccs5)cncc4[nH]3)n[nH]c2cn1)CN1CCC(F)(F)C1. The molecule has 0 spiro atoms. The maximum atomic E-state index is 13.7. The Morgan fingerprint density at radius 2 is 2.11 bits per heavy atom. The fourth-order valence-electron chi connectivity index (χ4n) is 4.96. The summed E-state index contributed by atoms with van der Waals surface area (Å²) in [5.41, 5.74) is 7.04. The molecule has 1 aliphatic rings. The highest BCUT2D eigenvalue weighted by molar-refractivity contribution is 7.13. The fraction of sp³-hybridized carbons (Fsp3) is 0.207. The summed E-state index contributed by atoms with van der Waals surface area (Å²) in [6.45, 7) is 6.42. The molecule has 1 aliphatic heterocycles. The number of likely N-dealkylation sites (tertiary alicyclic amines) is 1. The number of nitrogens with one attached hydrogen (secondary N) is 2. The second-order valence-electron chi connectivity index (χ2n) is 9.48. The molecule has 0 atom stereocenters. The van der Waals surface area contributed by atoms with E-state index in [0.29, 0.717) is 13.1 Å². The molecule has 0 amide bonds. The van der Waals surface area contributed by atoms with Crippen LogP contribution in [0.2, 0.25) is 0 Å². The zero-order valence-electron chi connectivity index (χ0n) is 20.8. The molecule has 38 heavy (non-hydrogen) atoms. The van der Waals surface area contributed by atoms with Crippen LogP contribution in [0.3, 0.4) is 0 Å². The lowest BCUT2D eigenvalue weighted by molar-refractivity contribution is 0.0131. The average molecular weight is 529 g/mol. The van der Waals surface area contributed by atoms with Gasteiger partial charge in [0, 0.05) is 46.9 Å². The summed E-state index contributed by atoms with van der Waals surface area (Å²) < 4.78 is 27.4. The van der Waals surface area contributed by atoms with Crippen LogP contribution in [0, 0.1) is 0 Å². The maximum absolute atomic E-state index is 13.7. The number of hydrogen-bond acceptors (Lipinski definition) is 5. The number of pyridine rings is 2. The van der Waals surface area contributed by atoms with Gasteiger partial charge in [0.2, 0.25) is 0 Å². The van der Waals surface area contributed by atoms with Gasteiger partial charge in [-0.2, -0.15) is 5.10 Å². The van der Waals surface area contributed by atoms with Crippen molar-refractivity contribution in [1.29, 1.82) is 0 Å². The summed E-state index contributed by atoms with van der Waals surface area (Å²) in [5, 5.41) is 11.8. The van der Waals surface area contributed by atoms with E-state index in [4.69, 9.17) is 0 Å². The fourth-order valence-corrected chi connectivity index (χ4v) is 5.71. The van der Waals surface area contributed by atoms with Crippen molar-refractivity contribution in [2.24, 2.45) is 0 Å². The molecular weight excluding hydrogens is 502 g/mol. The summed E-state index contributed by atoms with van der Waals surface area (Å²) in [4.78, 5) is 15.5. The summed E-state index contributed by atoms with van der Waals surface area (Å²) in [6, 6.07) is 8.25. The lowest BCUT2D eigenvalue weighted by Crippen LogP contribution is -2.26. The summed E-state index contributed by atoms with van der Waals surface area (Å²) >= 11 is 1.68. The van der Waals surface area contributed by atoms with Crippen molar-refractivity contribution in [3.63, 3.8) is 0 Å². The zero-order valence-corrected chi connectivity index (χ0v) is 21.7. The lowest BCUT2D eigenvalue weighted by atomic mass is 10.0. The van der Waals surface area contributed by atoms with E-state index >= 15 is 0 Å². The van der Waals surface area contributed by atoms with E-state index < -0.39 is 5.92 Å². The molecule has 6 heterocycles. The molecular formula is C29H26F2N6S. The Bertz CT molecular complexity index is 1690. The number of halogens is 2. The first-order valence-electron chi connectivity index (χ1n) is 12.4. The van der Waals surface area contributed by atoms with E-state index in [-0.39, 0.29) is 13.0 Å². The van der Waals surface area contributed by atoms with Crippen LogP contribution in [0.15, 0.2) is 78.6 Å². The molecule has 2 N–H and O–H groups in total. The summed E-state index contributed by atoms with van der Waals surface area (Å²) in [6.07, 6.45) is 11.1. The number of thiophene rings is 1. The van der Waals surface area contributed by atoms with Gasteiger partial charge in [-0.05, 0) is 47.7 Å². The standard InChI is InChI=1S/C29H26F2N6S/c1-3-18(16-37-8-7-29(30,31)17-37)10-19(4-2)23-12-21-26(15-33-23)35-36-28(21)24-11-20-22(27-6-5-9-38-27)13-32-14-25(20)34-24/h3-6,9-15,34H,1,7-8,16-17H2,2H3,(H,35,36)/b18-10+,19-4+. The Labute approximate surface area is 222 Å². The first-order chi connectivity index (χ1) is 18.4. The lowest BCUT2D eigenvalue weighted by Gasteiger charge is -2.16. The number of hydrogen-bond donors (Lipinski definition) is 2. The Morgan fingerprint density at radius 1 is 1.21 bits per heavy atom. The molecule has 6 nitrogen and oxygen atoms in total. The molecule has 0 aliphatic carbocycles. The van der Waals surface area contributed by atoms with Gasteiger partial charge < -0.3 is 4.98 Å². The molecule has 1 saturated heterocycles. The van der Waals surface area contributed by atoms with E-state index in [1.54, 1.807) is 28.5 Å². The van der Waals surface area contributed by atoms with Gasteiger partial charge in [0.15, 0.2) is 0 Å². The Hall–Kier alpha value is -3.95. The number of aromatic amines is 2. The summed E-state index contributed by atoms with van der Waals surface area (Å²) in [5.74, 6) is -2.62. The molecule has 1 fully saturated rings. The number of H-pyrrole nitrogens is 2. The third-order valence-corrected chi connectivity index (χ3v) is 7.80. The van der Waals surface area contributed by atoms with Gasteiger partial charge in [-0.1, -0.05) is 24.8 Å². The van der Waals surface area contributed by atoms with E-state index in [2.05, 4.69) is 49.2 Å². The second-order valence-corrected chi connectivity index (χ2v) is 10.4. The second kappa shape index (κ2) is 9.74. The van der Waals surface area contributed by atoms with Gasteiger partial charge in [0.25, 0.3) is 5.92 Å². The van der Waals surface area contributed by atoms with E-state index in [9.17, 15) is 8.78 Å². The van der Waals surface area contributed by atoms with E-state index in [0.717, 1.165) is 60.5 Å². The number of rotatable bonds is 7. The molecule has 0 saturated carbocycles. The molecule has 5 aromatic rings. The highest BCUT2D eigenvalue weighted by Crippen LogP contribution is 2.35. The quantitative estimate of drug-likeness (QED) is 0.221. The highest BCUT2D eigenvalue weighted by Gasteiger charge is 2.37. The molecule has 192 valence electrons. The topological polar surface area (TPSA) is 73.5 Å². The maximum Gasteiger partial charge on any atom is 0.261 e. The molecule has 9 heteroatoms. The molecule has 6 rings (SSSR count). The third kappa shape index (κ3) is 4.59. The molecule has 0 radical (unpaired) electrons. The van der Waals surface area contributed by atoms with Gasteiger partial charge in [-0.25, -0.2) is 8.78 Å². The van der Waals surface area contributed by atoms with Crippen LogP contribution < -0.4 is 0 Å². The first kappa shape index (κ1) is 24.4. The number of allylic oxidation sites excluding steroid dienone is 3. The van der Waals surface area contributed by atoms with Crippen LogP contribution in [0.25, 0.3) is 49.2 Å². The van der Waals surface area contributed by atoms with Gasteiger partial charge in [0.1, 0.15) is 5.69 Å². The third-order valence-electron chi connectivity index (χ3n) is 6.90. The number of aromatic nitrogens is 5. The highest BCUT2D eigenvalue weighted by atomic mass is 32.1. The Balaban J connectivity index is 1.35. The zero-order chi connectivity index (χ0) is 26.3. The molecule has 0 aromatic carbocycles. The smallest absolute Gasteiger partial charge is 0.261 e. The van der Waals surface area contributed by atoms with Crippen molar-refractivity contribution in [3.05, 3.63) is 84.3 Å². The van der Waals surface area contributed by atoms with Crippen LogP contribution in [0.1, 0.15) is 19.0 Å². The molecule has 5 aromatic heterocycles. The van der Waals surface area contributed by atoms with E-state index in [1.165, 1.54) is 0 Å². The Kier molecular flexibility index (Phi) is 6.25. The minimum Gasteiger partial charge on any atom is -0.352 e. The predicted molar refractivity (Wildman–Crippen MR) is 150 cm³/mol. The van der Waals surface area contributed by atoms with Gasteiger partial charge in [-0.3, -0.25) is 20.0 Å². The van der Waals surface area contributed by atoms with Crippen LogP contribution in [0.4, 0.5) is 8.78 Å². The predicted octanol–water partition coefficient (Wildman–Crippen LogP) is 7.09. The van der Waals surface area contributed by atoms with Crippen molar-refractivity contribution in [2.75, 3.05) is 19.6 Å². The van der Waals surface area contributed by atoms with Crippen LogP contribution in [-0.4, -0.2) is 55.6 Å².